The highest BCUT2D eigenvalue weighted by Gasteiger charge is 2.24. The molecule has 1 aliphatic rings. The minimum Gasteiger partial charge on any atom is -0.363 e. The van der Waals surface area contributed by atoms with Crippen LogP contribution in [0.4, 0.5) is 5.82 Å². The molecule has 0 aliphatic carbocycles. The van der Waals surface area contributed by atoms with Crippen LogP contribution in [0.3, 0.4) is 0 Å². The molecule has 2 aromatic rings. The molecule has 9 heteroatoms. The minimum atomic E-state index is -3.20. The summed E-state index contributed by atoms with van der Waals surface area (Å²) in [6.45, 7) is 5.48. The number of pyridine rings is 1. The standard InChI is InChI=1S/C16H20N6O2S/c1-11-6-12(2)19-16(15(11)8-17)18-9-13-7-14-10-21(25(3,23)24)4-5-22(14)20-13/h6-7H,4-5,9-10H2,1-3H3,(H,18,19). The molecule has 8 nitrogen and oxygen atoms in total. The van der Waals surface area contributed by atoms with Crippen molar-refractivity contribution in [3.8, 4) is 6.07 Å². The molecule has 3 heterocycles. The number of nitrogens with zero attached hydrogens (tertiary/aromatic N) is 5. The molecule has 0 unspecified atom stereocenters. The number of anilines is 1. The topological polar surface area (TPSA) is 104 Å². The van der Waals surface area contributed by atoms with Gasteiger partial charge in [0.1, 0.15) is 11.9 Å². The van der Waals surface area contributed by atoms with E-state index in [-0.39, 0.29) is 0 Å². The molecule has 0 bridgehead atoms. The van der Waals surface area contributed by atoms with E-state index in [1.165, 1.54) is 10.6 Å². The second-order valence-corrected chi connectivity index (χ2v) is 8.20. The second kappa shape index (κ2) is 6.46. The van der Waals surface area contributed by atoms with Crippen molar-refractivity contribution in [1.29, 1.82) is 5.26 Å². The second-order valence-electron chi connectivity index (χ2n) is 6.22. The first-order valence-electron chi connectivity index (χ1n) is 7.91. The summed E-state index contributed by atoms with van der Waals surface area (Å²) in [6.07, 6.45) is 1.22. The Morgan fingerprint density at radius 3 is 2.76 bits per heavy atom. The first-order chi connectivity index (χ1) is 11.8. The number of sulfonamides is 1. The monoisotopic (exact) mass is 360 g/mol. The molecular formula is C16H20N6O2S. The van der Waals surface area contributed by atoms with E-state index in [4.69, 9.17) is 0 Å². The molecule has 1 aliphatic heterocycles. The maximum Gasteiger partial charge on any atom is 0.211 e. The summed E-state index contributed by atoms with van der Waals surface area (Å²) in [6, 6.07) is 5.94. The Morgan fingerprint density at radius 2 is 2.08 bits per heavy atom. The number of nitriles is 1. The number of fused-ring (bicyclic) bond motifs is 1. The van der Waals surface area contributed by atoms with E-state index >= 15 is 0 Å². The maximum absolute atomic E-state index is 11.7. The van der Waals surface area contributed by atoms with E-state index in [2.05, 4.69) is 21.5 Å². The van der Waals surface area contributed by atoms with Crippen LogP contribution in [0, 0.1) is 25.2 Å². The third-order valence-electron chi connectivity index (χ3n) is 4.18. The van der Waals surface area contributed by atoms with Crippen molar-refractivity contribution in [1.82, 2.24) is 19.1 Å². The van der Waals surface area contributed by atoms with Crippen molar-refractivity contribution in [2.75, 3.05) is 18.1 Å². The van der Waals surface area contributed by atoms with E-state index in [0.29, 0.717) is 37.6 Å². The van der Waals surface area contributed by atoms with Gasteiger partial charge in [0, 0.05) is 12.2 Å². The molecule has 25 heavy (non-hydrogen) atoms. The van der Waals surface area contributed by atoms with Crippen molar-refractivity contribution in [2.24, 2.45) is 0 Å². The fourth-order valence-electron chi connectivity index (χ4n) is 2.95. The SMILES string of the molecule is Cc1cc(C)c(C#N)c(NCc2cc3n(n2)CCN(S(C)(=O)=O)C3)n1. The average Bonchev–Trinajstić information content (AvgIpc) is 2.93. The number of aromatic nitrogens is 3. The molecule has 0 saturated heterocycles. The predicted molar refractivity (Wildman–Crippen MR) is 93.2 cm³/mol. The first-order valence-corrected chi connectivity index (χ1v) is 9.75. The van der Waals surface area contributed by atoms with Crippen LogP contribution in [-0.2, 0) is 29.7 Å². The van der Waals surface area contributed by atoms with Gasteiger partial charge in [-0.2, -0.15) is 14.7 Å². The molecule has 0 fully saturated rings. The van der Waals surface area contributed by atoms with Crippen LogP contribution in [0.5, 0.6) is 0 Å². The van der Waals surface area contributed by atoms with Gasteiger partial charge in [0.15, 0.2) is 0 Å². The number of hydrogen-bond donors (Lipinski definition) is 1. The van der Waals surface area contributed by atoms with Crippen LogP contribution in [0.15, 0.2) is 12.1 Å². The van der Waals surface area contributed by atoms with Gasteiger partial charge in [-0.05, 0) is 31.5 Å². The van der Waals surface area contributed by atoms with Crippen molar-refractivity contribution in [3.63, 3.8) is 0 Å². The third-order valence-corrected chi connectivity index (χ3v) is 5.43. The Hall–Kier alpha value is -2.44. The van der Waals surface area contributed by atoms with Crippen LogP contribution in [0.1, 0.15) is 28.2 Å². The zero-order chi connectivity index (χ0) is 18.2. The summed E-state index contributed by atoms with van der Waals surface area (Å²) in [5.41, 5.74) is 3.90. The smallest absolute Gasteiger partial charge is 0.211 e. The Balaban J connectivity index is 1.77. The predicted octanol–water partition coefficient (Wildman–Crippen LogP) is 1.15. The molecule has 0 spiro atoms. The fraction of sp³-hybridized carbons (Fsp3) is 0.438. The van der Waals surface area contributed by atoms with Crippen LogP contribution in [-0.4, -0.2) is 40.3 Å². The normalized spacial score (nSPS) is 14.8. The highest BCUT2D eigenvalue weighted by molar-refractivity contribution is 7.88. The van der Waals surface area contributed by atoms with E-state index in [0.717, 1.165) is 22.6 Å². The number of nitrogens with one attached hydrogen (secondary N) is 1. The lowest BCUT2D eigenvalue weighted by Gasteiger charge is -2.25. The maximum atomic E-state index is 11.7. The lowest BCUT2D eigenvalue weighted by atomic mass is 10.1. The average molecular weight is 360 g/mol. The zero-order valence-electron chi connectivity index (χ0n) is 14.4. The Kier molecular flexibility index (Phi) is 4.49. The highest BCUT2D eigenvalue weighted by Crippen LogP contribution is 2.20. The van der Waals surface area contributed by atoms with Crippen molar-refractivity contribution >= 4 is 15.8 Å². The summed E-state index contributed by atoms with van der Waals surface area (Å²) >= 11 is 0. The third kappa shape index (κ3) is 3.65. The number of hydrogen-bond acceptors (Lipinski definition) is 6. The number of aryl methyl sites for hydroxylation is 2. The highest BCUT2D eigenvalue weighted by atomic mass is 32.2. The minimum absolute atomic E-state index is 0.330. The van der Waals surface area contributed by atoms with Gasteiger partial charge in [0.2, 0.25) is 10.0 Å². The molecule has 0 radical (unpaired) electrons. The largest absolute Gasteiger partial charge is 0.363 e. The molecule has 2 aromatic heterocycles. The lowest BCUT2D eigenvalue weighted by Crippen LogP contribution is -2.37. The van der Waals surface area contributed by atoms with Crippen molar-refractivity contribution in [3.05, 3.63) is 40.3 Å². The Bertz CT molecular complexity index is 958. The molecule has 0 aromatic carbocycles. The summed E-state index contributed by atoms with van der Waals surface area (Å²) in [4.78, 5) is 4.39. The Morgan fingerprint density at radius 1 is 1.32 bits per heavy atom. The quantitative estimate of drug-likeness (QED) is 0.877. The molecule has 0 amide bonds. The van der Waals surface area contributed by atoms with E-state index in [9.17, 15) is 13.7 Å². The molecule has 1 N–H and O–H groups in total. The molecule has 3 rings (SSSR count). The first kappa shape index (κ1) is 17.4. The van der Waals surface area contributed by atoms with Crippen molar-refractivity contribution in [2.45, 2.75) is 33.5 Å². The van der Waals surface area contributed by atoms with Crippen LogP contribution < -0.4 is 5.32 Å². The summed E-state index contributed by atoms with van der Waals surface area (Å²) < 4.78 is 26.7. The van der Waals surface area contributed by atoms with Gasteiger partial charge in [-0.15, -0.1) is 0 Å². The summed E-state index contributed by atoms with van der Waals surface area (Å²) in [5.74, 6) is 0.545. The van der Waals surface area contributed by atoms with Gasteiger partial charge in [-0.25, -0.2) is 13.4 Å². The van der Waals surface area contributed by atoms with E-state index in [1.807, 2.05) is 30.7 Å². The van der Waals surface area contributed by atoms with Crippen LogP contribution >= 0.6 is 0 Å². The van der Waals surface area contributed by atoms with Gasteiger partial charge in [0.05, 0.1) is 42.8 Å². The number of rotatable bonds is 4. The fourth-order valence-corrected chi connectivity index (χ4v) is 3.73. The molecule has 0 atom stereocenters. The zero-order valence-corrected chi connectivity index (χ0v) is 15.3. The van der Waals surface area contributed by atoms with E-state index < -0.39 is 10.0 Å². The molecule has 0 saturated carbocycles. The van der Waals surface area contributed by atoms with Gasteiger partial charge < -0.3 is 5.32 Å². The van der Waals surface area contributed by atoms with Crippen LogP contribution in [0.2, 0.25) is 0 Å². The summed E-state index contributed by atoms with van der Waals surface area (Å²) in [7, 11) is -3.20. The van der Waals surface area contributed by atoms with Gasteiger partial charge in [-0.3, -0.25) is 4.68 Å². The van der Waals surface area contributed by atoms with Gasteiger partial charge >= 0.3 is 0 Å². The Labute approximate surface area is 147 Å². The van der Waals surface area contributed by atoms with Crippen LogP contribution in [0.25, 0.3) is 0 Å². The van der Waals surface area contributed by atoms with E-state index in [1.54, 1.807) is 0 Å². The van der Waals surface area contributed by atoms with Gasteiger partial charge in [-0.1, -0.05) is 0 Å². The van der Waals surface area contributed by atoms with Crippen molar-refractivity contribution < 1.29 is 8.42 Å². The van der Waals surface area contributed by atoms with Gasteiger partial charge in [0.25, 0.3) is 0 Å². The molecule has 132 valence electrons. The molecular weight excluding hydrogens is 340 g/mol. The lowest BCUT2D eigenvalue weighted by molar-refractivity contribution is 0.328. The summed E-state index contributed by atoms with van der Waals surface area (Å²) in [5, 5.41) is 17.0.